The molecule has 0 saturated heterocycles. The Kier molecular flexibility index (Phi) is 7.05. The van der Waals surface area contributed by atoms with Crippen LogP contribution in [0.15, 0.2) is 67.0 Å². The highest BCUT2D eigenvalue weighted by Crippen LogP contribution is 2.18. The summed E-state index contributed by atoms with van der Waals surface area (Å²) in [6, 6.07) is 16.7. The molecular formula is C22H24N4O4. The van der Waals surface area contributed by atoms with Crippen LogP contribution in [0.5, 0.6) is 11.5 Å². The van der Waals surface area contributed by atoms with Crippen molar-refractivity contribution in [3.8, 4) is 11.5 Å². The van der Waals surface area contributed by atoms with Crippen LogP contribution in [0.3, 0.4) is 0 Å². The lowest BCUT2D eigenvalue weighted by Crippen LogP contribution is -2.47. The number of amides is 2. The monoisotopic (exact) mass is 408 g/mol. The van der Waals surface area contributed by atoms with Crippen molar-refractivity contribution in [1.29, 1.82) is 0 Å². The third-order valence-electron chi connectivity index (χ3n) is 4.20. The van der Waals surface area contributed by atoms with Gasteiger partial charge in [-0.3, -0.25) is 25.1 Å². The van der Waals surface area contributed by atoms with E-state index < -0.39 is 17.9 Å². The fourth-order valence-electron chi connectivity index (χ4n) is 2.67. The van der Waals surface area contributed by atoms with Gasteiger partial charge >= 0.3 is 0 Å². The minimum absolute atomic E-state index is 0.339. The standard InChI is InChI=1S/C22H24N4O4/c1-3-29-19-9-11-20(12-10-19)30-16(2)21(27)24-25-22(28)18-13-23-26(15-18)14-17-7-5-4-6-8-17/h4-13,15-16H,3,14H2,1-2H3,(H,24,27)(H,25,28)/t16-/m1/s1. The van der Waals surface area contributed by atoms with Gasteiger partial charge in [0.05, 0.1) is 24.9 Å². The van der Waals surface area contributed by atoms with E-state index >= 15 is 0 Å². The molecule has 0 aliphatic rings. The molecule has 0 fully saturated rings. The molecular weight excluding hydrogens is 384 g/mol. The number of ether oxygens (including phenoxy) is 2. The highest BCUT2D eigenvalue weighted by atomic mass is 16.5. The van der Waals surface area contributed by atoms with Crippen LogP contribution in [-0.2, 0) is 11.3 Å². The maximum absolute atomic E-state index is 12.3. The molecule has 1 aromatic heterocycles. The molecule has 30 heavy (non-hydrogen) atoms. The molecule has 156 valence electrons. The molecule has 2 N–H and O–H groups in total. The van der Waals surface area contributed by atoms with E-state index in [1.165, 1.54) is 6.20 Å². The summed E-state index contributed by atoms with van der Waals surface area (Å²) in [6.07, 6.45) is 2.27. The molecule has 2 aromatic carbocycles. The molecule has 1 atom stereocenters. The van der Waals surface area contributed by atoms with Crippen molar-refractivity contribution in [3.63, 3.8) is 0 Å². The first-order chi connectivity index (χ1) is 14.5. The molecule has 0 radical (unpaired) electrons. The molecule has 3 aromatic rings. The summed E-state index contributed by atoms with van der Waals surface area (Å²) >= 11 is 0. The van der Waals surface area contributed by atoms with E-state index in [1.807, 2.05) is 37.3 Å². The molecule has 2 amide bonds. The van der Waals surface area contributed by atoms with Gasteiger partial charge in [0, 0.05) is 6.20 Å². The first-order valence-corrected chi connectivity index (χ1v) is 9.61. The highest BCUT2D eigenvalue weighted by molar-refractivity contribution is 5.95. The van der Waals surface area contributed by atoms with Crippen molar-refractivity contribution in [1.82, 2.24) is 20.6 Å². The van der Waals surface area contributed by atoms with Gasteiger partial charge in [-0.1, -0.05) is 30.3 Å². The van der Waals surface area contributed by atoms with Gasteiger partial charge in [-0.2, -0.15) is 5.10 Å². The number of hydrazine groups is 1. The molecule has 0 aliphatic heterocycles. The second kappa shape index (κ2) is 10.1. The largest absolute Gasteiger partial charge is 0.494 e. The Morgan fingerprint density at radius 2 is 1.73 bits per heavy atom. The maximum Gasteiger partial charge on any atom is 0.279 e. The van der Waals surface area contributed by atoms with Gasteiger partial charge in [0.25, 0.3) is 11.8 Å². The second-order valence-electron chi connectivity index (χ2n) is 6.52. The van der Waals surface area contributed by atoms with Gasteiger partial charge in [0.1, 0.15) is 11.5 Å². The third kappa shape index (κ3) is 5.84. The summed E-state index contributed by atoms with van der Waals surface area (Å²) in [5.74, 6) is 0.307. The minimum Gasteiger partial charge on any atom is -0.494 e. The number of nitrogens with one attached hydrogen (secondary N) is 2. The predicted molar refractivity (Wildman–Crippen MR) is 111 cm³/mol. The van der Waals surface area contributed by atoms with E-state index in [-0.39, 0.29) is 0 Å². The Balaban J connectivity index is 1.47. The molecule has 8 nitrogen and oxygen atoms in total. The maximum atomic E-state index is 12.3. The number of aromatic nitrogens is 2. The smallest absolute Gasteiger partial charge is 0.279 e. The molecule has 0 unspecified atom stereocenters. The zero-order chi connectivity index (χ0) is 21.3. The van der Waals surface area contributed by atoms with Crippen molar-refractivity contribution in [2.24, 2.45) is 0 Å². The lowest BCUT2D eigenvalue weighted by Gasteiger charge is -2.15. The molecule has 1 heterocycles. The average Bonchev–Trinajstić information content (AvgIpc) is 3.22. The van der Waals surface area contributed by atoms with Crippen molar-refractivity contribution < 1.29 is 19.1 Å². The van der Waals surface area contributed by atoms with Gasteiger partial charge in [-0.25, -0.2) is 0 Å². The van der Waals surface area contributed by atoms with Crippen molar-refractivity contribution in [2.45, 2.75) is 26.5 Å². The quantitative estimate of drug-likeness (QED) is 0.559. The van der Waals surface area contributed by atoms with Gasteiger partial charge in [0.15, 0.2) is 6.10 Å². The van der Waals surface area contributed by atoms with Crippen molar-refractivity contribution in [2.75, 3.05) is 6.61 Å². The molecule has 0 saturated carbocycles. The number of carbonyl (C=O) groups is 2. The second-order valence-corrected chi connectivity index (χ2v) is 6.52. The highest BCUT2D eigenvalue weighted by Gasteiger charge is 2.16. The minimum atomic E-state index is -0.802. The zero-order valence-corrected chi connectivity index (χ0v) is 16.9. The van der Waals surface area contributed by atoms with E-state index in [4.69, 9.17) is 9.47 Å². The first kappa shape index (κ1) is 20.9. The first-order valence-electron chi connectivity index (χ1n) is 9.61. The van der Waals surface area contributed by atoms with E-state index in [1.54, 1.807) is 42.1 Å². The SMILES string of the molecule is CCOc1ccc(O[C@H](C)C(=O)NNC(=O)c2cnn(Cc3ccccc3)c2)cc1. The van der Waals surface area contributed by atoms with Crippen LogP contribution in [0.1, 0.15) is 29.8 Å². The summed E-state index contributed by atoms with van der Waals surface area (Å²) in [5, 5.41) is 4.18. The average molecular weight is 408 g/mol. The Bertz CT molecular complexity index is 970. The fourth-order valence-corrected chi connectivity index (χ4v) is 2.67. The predicted octanol–water partition coefficient (Wildman–Crippen LogP) is 2.56. The summed E-state index contributed by atoms with van der Waals surface area (Å²) in [4.78, 5) is 24.5. The van der Waals surface area contributed by atoms with Crippen LogP contribution in [0.25, 0.3) is 0 Å². The Morgan fingerprint density at radius 1 is 1.03 bits per heavy atom. The number of benzene rings is 2. The molecule has 0 aliphatic carbocycles. The van der Waals surface area contributed by atoms with E-state index in [0.717, 1.165) is 11.3 Å². The van der Waals surface area contributed by atoms with Crippen LogP contribution < -0.4 is 20.3 Å². The van der Waals surface area contributed by atoms with E-state index in [0.29, 0.717) is 24.5 Å². The van der Waals surface area contributed by atoms with Crippen molar-refractivity contribution in [3.05, 3.63) is 78.1 Å². The number of nitrogens with zero attached hydrogens (tertiary/aromatic N) is 2. The fraction of sp³-hybridized carbons (Fsp3) is 0.227. The third-order valence-corrected chi connectivity index (χ3v) is 4.20. The Morgan fingerprint density at radius 3 is 2.43 bits per heavy atom. The van der Waals surface area contributed by atoms with Gasteiger partial charge < -0.3 is 9.47 Å². The van der Waals surface area contributed by atoms with E-state index in [9.17, 15) is 9.59 Å². The summed E-state index contributed by atoms with van der Waals surface area (Å²) in [6.45, 7) is 4.62. The lowest BCUT2D eigenvalue weighted by atomic mass is 10.2. The van der Waals surface area contributed by atoms with Crippen LogP contribution in [0, 0.1) is 0 Å². The lowest BCUT2D eigenvalue weighted by molar-refractivity contribution is -0.128. The Hall–Kier alpha value is -3.81. The van der Waals surface area contributed by atoms with Gasteiger partial charge in [-0.15, -0.1) is 0 Å². The van der Waals surface area contributed by atoms with E-state index in [2.05, 4.69) is 16.0 Å². The van der Waals surface area contributed by atoms with Crippen LogP contribution in [0.2, 0.25) is 0 Å². The summed E-state index contributed by atoms with van der Waals surface area (Å²) in [7, 11) is 0. The van der Waals surface area contributed by atoms with Crippen molar-refractivity contribution >= 4 is 11.8 Å². The van der Waals surface area contributed by atoms with Crippen LogP contribution in [-0.4, -0.2) is 34.3 Å². The van der Waals surface area contributed by atoms with Crippen LogP contribution in [0.4, 0.5) is 0 Å². The molecule has 3 rings (SSSR count). The molecule has 0 spiro atoms. The number of hydrogen-bond acceptors (Lipinski definition) is 5. The molecule has 8 heteroatoms. The number of rotatable bonds is 8. The normalized spacial score (nSPS) is 11.4. The number of carbonyl (C=O) groups excluding carboxylic acids is 2. The number of hydrogen-bond donors (Lipinski definition) is 2. The Labute approximate surface area is 174 Å². The molecule has 0 bridgehead atoms. The summed E-state index contributed by atoms with van der Waals surface area (Å²) in [5.41, 5.74) is 6.15. The summed E-state index contributed by atoms with van der Waals surface area (Å²) < 4.78 is 12.6. The van der Waals surface area contributed by atoms with Gasteiger partial charge in [0.2, 0.25) is 0 Å². The zero-order valence-electron chi connectivity index (χ0n) is 16.9. The van der Waals surface area contributed by atoms with Crippen LogP contribution >= 0.6 is 0 Å². The topological polar surface area (TPSA) is 94.5 Å². The van der Waals surface area contributed by atoms with Gasteiger partial charge in [-0.05, 0) is 43.7 Å².